The number of fused-ring (bicyclic) bond motifs is 2. The van der Waals surface area contributed by atoms with Crippen LogP contribution in [0.2, 0.25) is 0 Å². The van der Waals surface area contributed by atoms with E-state index >= 15 is 0 Å². The summed E-state index contributed by atoms with van der Waals surface area (Å²) in [7, 11) is 0. The number of aromatic nitrogens is 1. The molecule has 1 aliphatic heterocycles. The second kappa shape index (κ2) is 8.57. The molecule has 3 aromatic rings. The van der Waals surface area contributed by atoms with Crippen LogP contribution in [0.3, 0.4) is 0 Å². The fraction of sp³-hybridized carbons (Fsp3) is 0.0909. The number of para-hydroxylation sites is 1. The zero-order valence-corrected chi connectivity index (χ0v) is 16.7. The number of ether oxygens (including phenoxy) is 3. The predicted molar refractivity (Wildman–Crippen MR) is 112 cm³/mol. The van der Waals surface area contributed by atoms with E-state index in [4.69, 9.17) is 14.2 Å². The Morgan fingerprint density at radius 1 is 1.19 bits per heavy atom. The van der Waals surface area contributed by atoms with Gasteiger partial charge in [0.15, 0.2) is 17.3 Å². The molecule has 1 aromatic heterocycles. The van der Waals surface area contributed by atoms with Gasteiger partial charge in [0.1, 0.15) is 34.9 Å². The SMILES string of the molecule is N#C/C(=C/c1ccc2c(c1)OCO2)C(=O)OC/C(O)=C(\C#N)c1nc2ccccc2s1. The second-order valence-electron chi connectivity index (χ2n) is 6.28. The van der Waals surface area contributed by atoms with Crippen molar-refractivity contribution in [3.63, 3.8) is 0 Å². The molecule has 152 valence electrons. The number of carbonyl (C=O) groups excluding carboxylic acids is 1. The Labute approximate surface area is 180 Å². The molecule has 0 atom stereocenters. The molecule has 0 spiro atoms. The molecule has 8 nitrogen and oxygen atoms in total. The molecule has 0 saturated heterocycles. The molecule has 31 heavy (non-hydrogen) atoms. The van der Waals surface area contributed by atoms with Crippen molar-refractivity contribution in [2.24, 2.45) is 0 Å². The first kappa shape index (κ1) is 20.0. The number of hydrogen-bond donors (Lipinski definition) is 1. The molecular formula is C22H13N3O5S. The minimum Gasteiger partial charge on any atom is -0.507 e. The van der Waals surface area contributed by atoms with Gasteiger partial charge in [0, 0.05) is 0 Å². The molecule has 1 aliphatic rings. The molecule has 1 N–H and O–H groups in total. The first-order valence-corrected chi connectivity index (χ1v) is 9.77. The Kier molecular flexibility index (Phi) is 5.52. The smallest absolute Gasteiger partial charge is 0.349 e. The van der Waals surface area contributed by atoms with E-state index in [9.17, 15) is 20.4 Å². The molecule has 0 amide bonds. The summed E-state index contributed by atoms with van der Waals surface area (Å²) in [6.07, 6.45) is 1.34. The van der Waals surface area contributed by atoms with Gasteiger partial charge in [-0.1, -0.05) is 18.2 Å². The van der Waals surface area contributed by atoms with Crippen LogP contribution in [0.5, 0.6) is 11.5 Å². The van der Waals surface area contributed by atoms with Crippen LogP contribution >= 0.6 is 11.3 Å². The Morgan fingerprint density at radius 3 is 2.77 bits per heavy atom. The first-order chi connectivity index (χ1) is 15.1. The molecule has 0 fully saturated rings. The number of rotatable bonds is 5. The zero-order valence-electron chi connectivity index (χ0n) is 15.9. The van der Waals surface area contributed by atoms with Crippen molar-refractivity contribution in [2.75, 3.05) is 13.4 Å². The standard InChI is InChI=1S/C22H13N3O5S/c23-9-14(7-13-5-6-18-19(8-13)30-12-29-18)22(27)28-11-17(26)15(10-24)21-25-16-3-1-2-4-20(16)31-21/h1-8,26H,11-12H2/b14-7-,17-15-. The maximum absolute atomic E-state index is 12.3. The fourth-order valence-electron chi connectivity index (χ4n) is 2.81. The van der Waals surface area contributed by atoms with E-state index in [1.54, 1.807) is 30.3 Å². The van der Waals surface area contributed by atoms with E-state index in [1.807, 2.05) is 24.3 Å². The van der Waals surface area contributed by atoms with Crippen molar-refractivity contribution in [3.05, 3.63) is 64.4 Å². The Balaban J connectivity index is 1.50. The van der Waals surface area contributed by atoms with Crippen molar-refractivity contribution in [3.8, 4) is 23.6 Å². The van der Waals surface area contributed by atoms with E-state index in [1.165, 1.54) is 17.4 Å². The van der Waals surface area contributed by atoms with Crippen LogP contribution in [-0.2, 0) is 9.53 Å². The molecule has 0 radical (unpaired) electrons. The Bertz CT molecular complexity index is 1290. The van der Waals surface area contributed by atoms with Crippen LogP contribution in [0.4, 0.5) is 0 Å². The number of thiazole rings is 1. The van der Waals surface area contributed by atoms with Crippen molar-refractivity contribution >= 4 is 39.2 Å². The molecule has 2 aromatic carbocycles. The minimum absolute atomic E-state index is 0.0905. The average Bonchev–Trinajstić information content (AvgIpc) is 3.42. The number of allylic oxidation sites excluding steroid dienone is 1. The van der Waals surface area contributed by atoms with Crippen molar-refractivity contribution in [1.29, 1.82) is 10.5 Å². The number of hydrogen-bond acceptors (Lipinski definition) is 9. The van der Waals surface area contributed by atoms with Gasteiger partial charge in [-0.2, -0.15) is 10.5 Å². The van der Waals surface area contributed by atoms with Gasteiger partial charge in [-0.3, -0.25) is 0 Å². The fourth-order valence-corrected chi connectivity index (χ4v) is 3.79. The molecule has 2 heterocycles. The highest BCUT2D eigenvalue weighted by Crippen LogP contribution is 2.33. The lowest BCUT2D eigenvalue weighted by molar-refractivity contribution is -0.138. The minimum atomic E-state index is -0.937. The summed E-state index contributed by atoms with van der Waals surface area (Å²) in [5.41, 5.74) is 0.876. The van der Waals surface area contributed by atoms with Crippen LogP contribution in [0.25, 0.3) is 21.9 Å². The predicted octanol–water partition coefficient (Wildman–Crippen LogP) is 3.97. The summed E-state index contributed by atoms with van der Waals surface area (Å²) in [4.78, 5) is 16.6. The lowest BCUT2D eigenvalue weighted by atomic mass is 10.1. The number of esters is 1. The lowest BCUT2D eigenvalue weighted by Crippen LogP contribution is -2.10. The molecule has 9 heteroatoms. The Hall–Kier alpha value is -4.34. The van der Waals surface area contributed by atoms with Crippen molar-refractivity contribution < 1.29 is 24.1 Å². The van der Waals surface area contributed by atoms with Gasteiger partial charge < -0.3 is 19.3 Å². The van der Waals surface area contributed by atoms with Gasteiger partial charge in [0.2, 0.25) is 6.79 Å². The third-order valence-electron chi connectivity index (χ3n) is 4.30. The first-order valence-electron chi connectivity index (χ1n) is 8.96. The van der Waals surface area contributed by atoms with E-state index in [0.717, 1.165) is 4.70 Å². The van der Waals surface area contributed by atoms with Crippen molar-refractivity contribution in [1.82, 2.24) is 4.98 Å². The van der Waals surface area contributed by atoms with Gasteiger partial charge in [-0.25, -0.2) is 9.78 Å². The normalized spacial score (nSPS) is 13.3. The maximum Gasteiger partial charge on any atom is 0.349 e. The van der Waals surface area contributed by atoms with Crippen molar-refractivity contribution in [2.45, 2.75) is 0 Å². The number of benzene rings is 2. The molecule has 0 saturated carbocycles. The van der Waals surface area contributed by atoms with E-state index in [-0.39, 0.29) is 17.9 Å². The highest BCUT2D eigenvalue weighted by atomic mass is 32.1. The summed E-state index contributed by atoms with van der Waals surface area (Å²) in [6, 6.07) is 15.9. The van der Waals surface area contributed by atoms with E-state index < -0.39 is 18.3 Å². The third-order valence-corrected chi connectivity index (χ3v) is 5.35. The topological polar surface area (TPSA) is 125 Å². The lowest BCUT2D eigenvalue weighted by Gasteiger charge is -2.05. The molecule has 0 aliphatic carbocycles. The van der Waals surface area contributed by atoms with Gasteiger partial charge in [0.25, 0.3) is 0 Å². The van der Waals surface area contributed by atoms with E-state index in [2.05, 4.69) is 4.98 Å². The molecule has 0 bridgehead atoms. The van der Waals surface area contributed by atoms with Crippen LogP contribution in [-0.4, -0.2) is 29.5 Å². The van der Waals surface area contributed by atoms with Crippen LogP contribution < -0.4 is 9.47 Å². The third kappa shape index (κ3) is 4.17. The van der Waals surface area contributed by atoms with Gasteiger partial charge >= 0.3 is 5.97 Å². The van der Waals surface area contributed by atoms with Gasteiger partial charge in [-0.05, 0) is 35.9 Å². The molecule has 0 unspecified atom stereocenters. The number of aliphatic hydroxyl groups is 1. The molecular weight excluding hydrogens is 418 g/mol. The largest absolute Gasteiger partial charge is 0.507 e. The summed E-state index contributed by atoms with van der Waals surface area (Å²) < 4.78 is 16.4. The summed E-state index contributed by atoms with van der Waals surface area (Å²) >= 11 is 1.24. The summed E-state index contributed by atoms with van der Waals surface area (Å²) in [6.45, 7) is -0.463. The van der Waals surface area contributed by atoms with Crippen LogP contribution in [0.15, 0.2) is 53.8 Å². The number of aliphatic hydroxyl groups excluding tert-OH is 1. The highest BCUT2D eigenvalue weighted by molar-refractivity contribution is 7.19. The van der Waals surface area contributed by atoms with Crippen LogP contribution in [0, 0.1) is 22.7 Å². The van der Waals surface area contributed by atoms with Gasteiger partial charge in [0.05, 0.1) is 10.2 Å². The zero-order chi connectivity index (χ0) is 21.8. The van der Waals surface area contributed by atoms with Crippen LogP contribution in [0.1, 0.15) is 10.6 Å². The number of carbonyl (C=O) groups is 1. The number of nitriles is 2. The monoisotopic (exact) mass is 431 g/mol. The van der Waals surface area contributed by atoms with Gasteiger partial charge in [-0.15, -0.1) is 11.3 Å². The quantitative estimate of drug-likeness (QED) is 0.278. The molecule has 4 rings (SSSR count). The average molecular weight is 431 g/mol. The maximum atomic E-state index is 12.3. The number of nitrogens with zero attached hydrogens (tertiary/aromatic N) is 3. The summed E-state index contributed by atoms with van der Waals surface area (Å²) in [5, 5.41) is 29.4. The Morgan fingerprint density at radius 2 is 2.00 bits per heavy atom. The second-order valence-corrected chi connectivity index (χ2v) is 7.31. The highest BCUT2D eigenvalue weighted by Gasteiger charge is 2.18. The summed E-state index contributed by atoms with van der Waals surface area (Å²) in [5.74, 6) is -0.301. The van der Waals surface area contributed by atoms with E-state index in [0.29, 0.717) is 27.6 Å².